The van der Waals surface area contributed by atoms with Gasteiger partial charge >= 0.3 is 0 Å². The topological polar surface area (TPSA) is 37.3 Å². The second-order valence-electron chi connectivity index (χ2n) is 6.12. The molecule has 0 spiro atoms. The summed E-state index contributed by atoms with van der Waals surface area (Å²) in [5.74, 6) is -0.233. The lowest BCUT2D eigenvalue weighted by molar-refractivity contribution is 0.0194. The fourth-order valence-corrected chi connectivity index (χ4v) is 3.51. The summed E-state index contributed by atoms with van der Waals surface area (Å²) < 4.78 is 0. The zero-order chi connectivity index (χ0) is 14.9. The van der Waals surface area contributed by atoms with Crippen LogP contribution < -0.4 is 0 Å². The largest absolute Gasteiger partial charge is 0.389 e. The maximum absolute atomic E-state index is 12.9. The molecule has 1 aliphatic carbocycles. The van der Waals surface area contributed by atoms with Gasteiger partial charge in [-0.25, -0.2) is 0 Å². The van der Waals surface area contributed by atoms with Gasteiger partial charge < -0.3 is 5.11 Å². The molecule has 3 rings (SSSR count). The molecule has 1 saturated carbocycles. The van der Waals surface area contributed by atoms with E-state index in [4.69, 9.17) is 0 Å². The number of ketones is 1. The molecule has 0 heterocycles. The average molecular weight is 280 g/mol. The second-order valence-corrected chi connectivity index (χ2v) is 6.12. The lowest BCUT2D eigenvalue weighted by atomic mass is 9.78. The van der Waals surface area contributed by atoms with Gasteiger partial charge in [0.2, 0.25) is 0 Å². The Hall–Kier alpha value is -1.93. The van der Waals surface area contributed by atoms with Crippen LogP contribution in [0.2, 0.25) is 0 Å². The fourth-order valence-electron chi connectivity index (χ4n) is 3.51. The molecule has 21 heavy (non-hydrogen) atoms. The molecule has 3 atom stereocenters. The molecule has 0 radical (unpaired) electrons. The fraction of sp³-hybridized carbons (Fsp3) is 0.316. The highest BCUT2D eigenvalue weighted by molar-refractivity contribution is 5.99. The van der Waals surface area contributed by atoms with Crippen molar-refractivity contribution in [2.75, 3.05) is 0 Å². The van der Waals surface area contributed by atoms with Crippen molar-refractivity contribution in [1.29, 1.82) is 0 Å². The summed E-state index contributed by atoms with van der Waals surface area (Å²) in [4.78, 5) is 12.9. The Morgan fingerprint density at radius 2 is 1.62 bits per heavy atom. The normalized spacial score (nSPS) is 28.5. The molecule has 1 aliphatic rings. The molecule has 0 unspecified atom stereocenters. The first kappa shape index (κ1) is 14.0. The number of Topliss-reactive ketones (excluding diaryl/α,β-unsaturated/α-hetero) is 1. The molecule has 0 saturated heterocycles. The number of carbonyl (C=O) groups excluding carboxylic acids is 1. The van der Waals surface area contributed by atoms with Crippen LogP contribution in [-0.2, 0) is 0 Å². The van der Waals surface area contributed by atoms with Crippen molar-refractivity contribution >= 4 is 5.78 Å². The summed E-state index contributed by atoms with van der Waals surface area (Å²) in [6.07, 6.45) is 1.51. The van der Waals surface area contributed by atoms with Crippen LogP contribution in [0.5, 0.6) is 0 Å². The predicted molar refractivity (Wildman–Crippen MR) is 83.3 cm³/mol. The number of hydrogen-bond acceptors (Lipinski definition) is 2. The van der Waals surface area contributed by atoms with Gasteiger partial charge in [-0.1, -0.05) is 60.7 Å². The standard InChI is InChI=1S/C19H20O2/c1-19(21)13-12-16(14-8-4-2-5-9-14)17(19)18(20)15-10-6-3-7-11-15/h2-11,16-17,21H,12-13H2,1H3/t16-,17+,19+/m0/s1. The molecule has 1 fully saturated rings. The Morgan fingerprint density at radius 1 is 1.05 bits per heavy atom. The Morgan fingerprint density at radius 3 is 2.24 bits per heavy atom. The van der Waals surface area contributed by atoms with Gasteiger partial charge in [-0.05, 0) is 31.2 Å². The Balaban J connectivity index is 1.98. The zero-order valence-corrected chi connectivity index (χ0v) is 12.2. The van der Waals surface area contributed by atoms with Gasteiger partial charge in [-0.3, -0.25) is 4.79 Å². The van der Waals surface area contributed by atoms with E-state index in [1.807, 2.05) is 48.5 Å². The third kappa shape index (κ3) is 2.64. The summed E-state index contributed by atoms with van der Waals surface area (Å²) in [5.41, 5.74) is 0.892. The quantitative estimate of drug-likeness (QED) is 0.868. The first-order chi connectivity index (χ1) is 10.1. The summed E-state index contributed by atoms with van der Waals surface area (Å²) in [5, 5.41) is 10.7. The number of hydrogen-bond donors (Lipinski definition) is 1. The van der Waals surface area contributed by atoms with E-state index in [0.29, 0.717) is 12.0 Å². The van der Waals surface area contributed by atoms with Crippen molar-refractivity contribution < 1.29 is 9.90 Å². The van der Waals surface area contributed by atoms with Crippen LogP contribution in [0.25, 0.3) is 0 Å². The molecule has 0 aromatic heterocycles. The number of benzene rings is 2. The van der Waals surface area contributed by atoms with Crippen molar-refractivity contribution in [3.8, 4) is 0 Å². The molecule has 0 aliphatic heterocycles. The SMILES string of the molecule is C[C@@]1(O)CC[C@@H](c2ccccc2)[C@@H]1C(=O)c1ccccc1. The van der Waals surface area contributed by atoms with E-state index < -0.39 is 5.60 Å². The van der Waals surface area contributed by atoms with Gasteiger partial charge in [0.05, 0.1) is 11.5 Å². The molecule has 2 nitrogen and oxygen atoms in total. The van der Waals surface area contributed by atoms with Crippen molar-refractivity contribution in [2.45, 2.75) is 31.3 Å². The van der Waals surface area contributed by atoms with E-state index >= 15 is 0 Å². The van der Waals surface area contributed by atoms with Gasteiger partial charge in [-0.15, -0.1) is 0 Å². The van der Waals surface area contributed by atoms with Crippen molar-refractivity contribution in [3.05, 3.63) is 71.8 Å². The van der Waals surface area contributed by atoms with Crippen LogP contribution in [0.15, 0.2) is 60.7 Å². The molecule has 2 aromatic carbocycles. The van der Waals surface area contributed by atoms with Crippen LogP contribution in [0.3, 0.4) is 0 Å². The van der Waals surface area contributed by atoms with Gasteiger partial charge in [0, 0.05) is 5.56 Å². The molecule has 0 amide bonds. The molecule has 0 bridgehead atoms. The average Bonchev–Trinajstić information content (AvgIpc) is 2.84. The highest BCUT2D eigenvalue weighted by Gasteiger charge is 2.48. The van der Waals surface area contributed by atoms with Gasteiger partial charge in [0.25, 0.3) is 0 Å². The maximum atomic E-state index is 12.9. The Kier molecular flexibility index (Phi) is 3.64. The van der Waals surface area contributed by atoms with E-state index in [1.165, 1.54) is 0 Å². The van der Waals surface area contributed by atoms with E-state index in [-0.39, 0.29) is 17.6 Å². The zero-order valence-electron chi connectivity index (χ0n) is 12.2. The highest BCUT2D eigenvalue weighted by atomic mass is 16.3. The summed E-state index contributed by atoms with van der Waals surface area (Å²) >= 11 is 0. The second kappa shape index (κ2) is 5.45. The van der Waals surface area contributed by atoms with E-state index in [1.54, 1.807) is 6.92 Å². The van der Waals surface area contributed by atoms with E-state index in [2.05, 4.69) is 12.1 Å². The monoisotopic (exact) mass is 280 g/mol. The summed E-state index contributed by atoms with van der Waals surface area (Å²) in [6.45, 7) is 1.79. The Labute approximate surface area is 125 Å². The minimum absolute atomic E-state index is 0.0481. The van der Waals surface area contributed by atoms with Crippen LogP contribution in [0.1, 0.15) is 41.6 Å². The highest BCUT2D eigenvalue weighted by Crippen LogP contribution is 2.47. The summed E-state index contributed by atoms with van der Waals surface area (Å²) in [7, 11) is 0. The first-order valence-corrected chi connectivity index (χ1v) is 7.46. The van der Waals surface area contributed by atoms with Gasteiger partial charge in [-0.2, -0.15) is 0 Å². The lowest BCUT2D eigenvalue weighted by Gasteiger charge is -2.28. The molecule has 108 valence electrons. The predicted octanol–water partition coefficient (Wildman–Crippen LogP) is 3.81. The van der Waals surface area contributed by atoms with Crippen LogP contribution in [-0.4, -0.2) is 16.5 Å². The molecule has 2 heteroatoms. The summed E-state index contributed by atoms with van der Waals surface area (Å²) in [6, 6.07) is 19.4. The van der Waals surface area contributed by atoms with Crippen LogP contribution >= 0.6 is 0 Å². The Bertz CT molecular complexity index is 617. The van der Waals surface area contributed by atoms with Crippen molar-refractivity contribution in [2.24, 2.45) is 5.92 Å². The number of rotatable bonds is 3. The number of aliphatic hydroxyl groups is 1. The van der Waals surface area contributed by atoms with E-state index in [9.17, 15) is 9.90 Å². The number of carbonyl (C=O) groups is 1. The van der Waals surface area contributed by atoms with E-state index in [0.717, 1.165) is 12.0 Å². The van der Waals surface area contributed by atoms with Crippen molar-refractivity contribution in [1.82, 2.24) is 0 Å². The van der Waals surface area contributed by atoms with Crippen LogP contribution in [0.4, 0.5) is 0 Å². The first-order valence-electron chi connectivity index (χ1n) is 7.46. The van der Waals surface area contributed by atoms with Crippen molar-refractivity contribution in [3.63, 3.8) is 0 Å². The molecular weight excluding hydrogens is 260 g/mol. The third-order valence-electron chi connectivity index (χ3n) is 4.60. The molecular formula is C19H20O2. The third-order valence-corrected chi connectivity index (χ3v) is 4.60. The molecule has 2 aromatic rings. The van der Waals surface area contributed by atoms with Gasteiger partial charge in [0.15, 0.2) is 5.78 Å². The van der Waals surface area contributed by atoms with Crippen LogP contribution in [0, 0.1) is 5.92 Å². The minimum atomic E-state index is -0.937. The smallest absolute Gasteiger partial charge is 0.169 e. The molecule has 1 N–H and O–H groups in total. The lowest BCUT2D eigenvalue weighted by Crippen LogP contribution is -2.37. The maximum Gasteiger partial charge on any atom is 0.169 e. The minimum Gasteiger partial charge on any atom is -0.389 e. The van der Waals surface area contributed by atoms with Gasteiger partial charge in [0.1, 0.15) is 0 Å².